The summed E-state index contributed by atoms with van der Waals surface area (Å²) in [6.07, 6.45) is 0. The number of rotatable bonds is 8. The van der Waals surface area contributed by atoms with E-state index in [0.29, 0.717) is 24.3 Å². The number of methoxy groups -OCH3 is 4. The molecule has 0 fully saturated rings. The quantitative estimate of drug-likeness (QED) is 0.562. The van der Waals surface area contributed by atoms with Crippen LogP contribution in [0.4, 0.5) is 5.69 Å². The molecule has 0 N–H and O–H groups in total. The van der Waals surface area contributed by atoms with Crippen molar-refractivity contribution in [3.05, 3.63) is 29.0 Å². The van der Waals surface area contributed by atoms with Crippen molar-refractivity contribution in [1.29, 1.82) is 0 Å². The van der Waals surface area contributed by atoms with Crippen LogP contribution in [0.3, 0.4) is 0 Å². The number of anilines is 1. The van der Waals surface area contributed by atoms with Gasteiger partial charge in [0.25, 0.3) is 5.91 Å². The predicted molar refractivity (Wildman–Crippen MR) is 111 cm³/mol. The lowest BCUT2D eigenvalue weighted by molar-refractivity contribution is -0.140. The Labute approximate surface area is 181 Å². The van der Waals surface area contributed by atoms with Crippen LogP contribution in [0.5, 0.6) is 11.5 Å². The zero-order chi connectivity index (χ0) is 23.1. The summed E-state index contributed by atoms with van der Waals surface area (Å²) >= 11 is 0. The van der Waals surface area contributed by atoms with Gasteiger partial charge < -0.3 is 33.5 Å². The Bertz CT molecular complexity index is 876. The minimum Gasteiger partial charge on any atom is -0.493 e. The van der Waals surface area contributed by atoms with Gasteiger partial charge in [-0.1, -0.05) is 0 Å². The summed E-state index contributed by atoms with van der Waals surface area (Å²) in [5, 5.41) is 0. The standard InChI is InChI=1S/C21H28N2O8/c1-7-22(8-2)19(24)13-9-15(18(28-4)16(10-13)27-3)23-12-31-11-14(20(25)29-5)17(23)21(26)30-6/h9-10H,7-8,11-12H2,1-6H3. The van der Waals surface area contributed by atoms with Crippen LogP contribution in [0.25, 0.3) is 0 Å². The lowest BCUT2D eigenvalue weighted by Crippen LogP contribution is -2.39. The second kappa shape index (κ2) is 10.7. The van der Waals surface area contributed by atoms with Gasteiger partial charge in [0.15, 0.2) is 11.5 Å². The first-order chi connectivity index (χ1) is 14.9. The summed E-state index contributed by atoms with van der Waals surface area (Å²) in [4.78, 5) is 41.0. The first-order valence-corrected chi connectivity index (χ1v) is 9.68. The maximum Gasteiger partial charge on any atom is 0.355 e. The molecular formula is C21H28N2O8. The Morgan fingerprint density at radius 1 is 1.00 bits per heavy atom. The van der Waals surface area contributed by atoms with Gasteiger partial charge in [-0.3, -0.25) is 4.79 Å². The molecular weight excluding hydrogens is 408 g/mol. The van der Waals surface area contributed by atoms with E-state index in [2.05, 4.69) is 0 Å². The van der Waals surface area contributed by atoms with Crippen molar-refractivity contribution < 1.29 is 38.1 Å². The highest BCUT2D eigenvalue weighted by Gasteiger charge is 2.35. The molecule has 0 unspecified atom stereocenters. The Kier molecular flexibility index (Phi) is 8.26. The zero-order valence-corrected chi connectivity index (χ0v) is 18.6. The molecule has 0 atom stereocenters. The second-order valence-electron chi connectivity index (χ2n) is 6.42. The number of hydrogen-bond acceptors (Lipinski definition) is 9. The Balaban J connectivity index is 2.76. The number of carbonyl (C=O) groups is 3. The highest BCUT2D eigenvalue weighted by Crippen LogP contribution is 2.42. The van der Waals surface area contributed by atoms with Crippen molar-refractivity contribution in [3.63, 3.8) is 0 Å². The molecule has 1 amide bonds. The molecule has 0 saturated carbocycles. The molecule has 1 aromatic rings. The highest BCUT2D eigenvalue weighted by atomic mass is 16.5. The number of ether oxygens (including phenoxy) is 5. The Hall–Kier alpha value is -3.27. The van der Waals surface area contributed by atoms with E-state index in [0.717, 1.165) is 0 Å². The van der Waals surface area contributed by atoms with Crippen LogP contribution in [0.1, 0.15) is 24.2 Å². The maximum atomic E-state index is 13.0. The van der Waals surface area contributed by atoms with E-state index in [-0.39, 0.29) is 42.0 Å². The van der Waals surface area contributed by atoms with Gasteiger partial charge in [0, 0.05) is 18.7 Å². The molecule has 170 valence electrons. The van der Waals surface area contributed by atoms with E-state index in [1.165, 1.54) is 33.3 Å². The fourth-order valence-corrected chi connectivity index (χ4v) is 3.30. The van der Waals surface area contributed by atoms with Crippen molar-refractivity contribution in [1.82, 2.24) is 4.90 Å². The molecule has 0 aromatic heterocycles. The van der Waals surface area contributed by atoms with E-state index >= 15 is 0 Å². The monoisotopic (exact) mass is 436 g/mol. The van der Waals surface area contributed by atoms with Crippen LogP contribution in [-0.2, 0) is 23.8 Å². The van der Waals surface area contributed by atoms with Crippen LogP contribution in [0.15, 0.2) is 23.4 Å². The molecule has 0 aliphatic carbocycles. The average Bonchev–Trinajstić information content (AvgIpc) is 2.82. The summed E-state index contributed by atoms with van der Waals surface area (Å²) in [7, 11) is 5.28. The zero-order valence-electron chi connectivity index (χ0n) is 18.6. The first-order valence-electron chi connectivity index (χ1n) is 9.68. The van der Waals surface area contributed by atoms with Crippen molar-refractivity contribution >= 4 is 23.5 Å². The van der Waals surface area contributed by atoms with Crippen LogP contribution in [0.2, 0.25) is 0 Å². The molecule has 10 heteroatoms. The molecule has 10 nitrogen and oxygen atoms in total. The number of amides is 1. The van der Waals surface area contributed by atoms with Gasteiger partial charge in [0.2, 0.25) is 0 Å². The van der Waals surface area contributed by atoms with E-state index < -0.39 is 11.9 Å². The summed E-state index contributed by atoms with van der Waals surface area (Å²) < 4.78 is 26.2. The molecule has 0 bridgehead atoms. The van der Waals surface area contributed by atoms with E-state index in [9.17, 15) is 14.4 Å². The third-order valence-electron chi connectivity index (χ3n) is 4.88. The maximum absolute atomic E-state index is 13.0. The van der Waals surface area contributed by atoms with E-state index in [1.54, 1.807) is 17.0 Å². The third kappa shape index (κ3) is 4.74. The molecule has 1 aromatic carbocycles. The van der Waals surface area contributed by atoms with Gasteiger partial charge in [0.05, 0.1) is 46.3 Å². The molecule has 1 aliphatic heterocycles. The normalized spacial score (nSPS) is 13.5. The topological polar surface area (TPSA) is 104 Å². The second-order valence-corrected chi connectivity index (χ2v) is 6.42. The third-order valence-corrected chi connectivity index (χ3v) is 4.88. The van der Waals surface area contributed by atoms with Crippen LogP contribution >= 0.6 is 0 Å². The molecule has 2 rings (SSSR count). The fraction of sp³-hybridized carbons (Fsp3) is 0.476. The molecule has 31 heavy (non-hydrogen) atoms. The van der Waals surface area contributed by atoms with E-state index in [1.807, 2.05) is 13.8 Å². The van der Waals surface area contributed by atoms with Gasteiger partial charge in [-0.2, -0.15) is 0 Å². The highest BCUT2D eigenvalue weighted by molar-refractivity contribution is 6.04. The number of benzene rings is 1. The number of esters is 2. The van der Waals surface area contributed by atoms with Gasteiger partial charge in [-0.05, 0) is 26.0 Å². The van der Waals surface area contributed by atoms with E-state index in [4.69, 9.17) is 23.7 Å². The Morgan fingerprint density at radius 3 is 2.16 bits per heavy atom. The predicted octanol–water partition coefficient (Wildman–Crippen LogP) is 1.58. The molecule has 0 radical (unpaired) electrons. The summed E-state index contributed by atoms with van der Waals surface area (Å²) in [5.74, 6) is -1.17. The van der Waals surface area contributed by atoms with Crippen molar-refractivity contribution in [2.75, 3.05) is 59.8 Å². The van der Waals surface area contributed by atoms with Gasteiger partial charge in [-0.15, -0.1) is 0 Å². The van der Waals surface area contributed by atoms with Crippen molar-refractivity contribution in [2.45, 2.75) is 13.8 Å². The van der Waals surface area contributed by atoms with Crippen molar-refractivity contribution in [2.24, 2.45) is 0 Å². The Morgan fingerprint density at radius 2 is 1.65 bits per heavy atom. The number of carbonyl (C=O) groups excluding carboxylic acids is 3. The number of nitrogens with zero attached hydrogens (tertiary/aromatic N) is 2. The lowest BCUT2D eigenvalue weighted by Gasteiger charge is -2.33. The van der Waals surface area contributed by atoms with Crippen LogP contribution in [0, 0.1) is 0 Å². The van der Waals surface area contributed by atoms with Crippen LogP contribution < -0.4 is 14.4 Å². The van der Waals surface area contributed by atoms with Gasteiger partial charge in [-0.25, -0.2) is 9.59 Å². The molecule has 1 heterocycles. The lowest BCUT2D eigenvalue weighted by atomic mass is 10.1. The summed E-state index contributed by atoms with van der Waals surface area (Å²) in [6.45, 7) is 4.57. The van der Waals surface area contributed by atoms with Crippen LogP contribution in [-0.4, -0.2) is 77.6 Å². The minimum atomic E-state index is -0.759. The SMILES string of the molecule is CCN(CC)C(=O)c1cc(OC)c(OC)c(N2COCC(C(=O)OC)=C2C(=O)OC)c1. The number of hydrogen-bond donors (Lipinski definition) is 0. The molecule has 1 aliphatic rings. The fourth-order valence-electron chi connectivity index (χ4n) is 3.30. The van der Waals surface area contributed by atoms with Gasteiger partial charge in [0.1, 0.15) is 12.4 Å². The molecule has 0 saturated heterocycles. The van der Waals surface area contributed by atoms with Crippen molar-refractivity contribution in [3.8, 4) is 11.5 Å². The largest absolute Gasteiger partial charge is 0.493 e. The minimum absolute atomic E-state index is 0.0120. The molecule has 0 spiro atoms. The van der Waals surface area contributed by atoms with Gasteiger partial charge >= 0.3 is 11.9 Å². The summed E-state index contributed by atoms with van der Waals surface area (Å²) in [6, 6.07) is 3.13. The average molecular weight is 436 g/mol. The summed E-state index contributed by atoms with van der Waals surface area (Å²) in [5.41, 5.74) is 0.556. The smallest absolute Gasteiger partial charge is 0.355 e. The first kappa shape index (κ1) is 24.0.